The first kappa shape index (κ1) is 11.2. The maximum Gasteiger partial charge on any atom is 0.310 e. The van der Waals surface area contributed by atoms with Gasteiger partial charge < -0.3 is 10.4 Å². The number of hydrogen-bond acceptors (Lipinski definition) is 4. The van der Waals surface area contributed by atoms with Gasteiger partial charge in [0, 0.05) is 22.3 Å². The highest BCUT2D eigenvalue weighted by Gasteiger charge is 2.24. The Morgan fingerprint density at radius 1 is 1.44 bits per heavy atom. The van der Waals surface area contributed by atoms with Gasteiger partial charge in [-0.25, -0.2) is 4.98 Å². The molecule has 0 fully saturated rings. The third kappa shape index (κ3) is 1.97. The van der Waals surface area contributed by atoms with Crippen molar-refractivity contribution >= 4 is 33.2 Å². The second-order valence-corrected chi connectivity index (χ2v) is 5.26. The summed E-state index contributed by atoms with van der Waals surface area (Å²) in [6.07, 6.45) is 6.01. The lowest BCUT2D eigenvalue weighted by Crippen LogP contribution is -2.19. The van der Waals surface area contributed by atoms with Crippen LogP contribution in [0.2, 0.25) is 0 Å². The van der Waals surface area contributed by atoms with Crippen LogP contribution < -0.4 is 5.32 Å². The highest BCUT2D eigenvalue weighted by Crippen LogP contribution is 2.28. The topological polar surface area (TPSA) is 62.2 Å². The summed E-state index contributed by atoms with van der Waals surface area (Å²) in [5, 5.41) is 15.4. The number of aliphatic carboxylic acids is 1. The monoisotopic (exact) mass is 260 g/mol. The SMILES string of the molecule is O=C(O)C1C=CC(Nc2nccc3sccc23)C1. The number of nitrogens with zero attached hydrogens (tertiary/aromatic N) is 1. The average Bonchev–Trinajstić information content (AvgIpc) is 2.97. The van der Waals surface area contributed by atoms with E-state index in [1.807, 2.05) is 23.6 Å². The van der Waals surface area contributed by atoms with Gasteiger partial charge in [0.25, 0.3) is 0 Å². The molecule has 1 aliphatic carbocycles. The zero-order valence-electron chi connectivity index (χ0n) is 9.54. The van der Waals surface area contributed by atoms with Crippen molar-refractivity contribution in [3.8, 4) is 0 Å². The molecule has 3 rings (SSSR count). The molecule has 0 aliphatic heterocycles. The predicted molar refractivity (Wildman–Crippen MR) is 71.9 cm³/mol. The van der Waals surface area contributed by atoms with E-state index in [0.29, 0.717) is 6.42 Å². The lowest BCUT2D eigenvalue weighted by Gasteiger charge is -2.13. The molecule has 2 aromatic rings. The van der Waals surface area contributed by atoms with Gasteiger partial charge in [-0.05, 0) is 23.9 Å². The van der Waals surface area contributed by atoms with Gasteiger partial charge in [0.1, 0.15) is 5.82 Å². The number of thiophene rings is 1. The summed E-state index contributed by atoms with van der Waals surface area (Å²) in [7, 11) is 0. The molecule has 2 heterocycles. The minimum atomic E-state index is -0.766. The van der Waals surface area contributed by atoms with Gasteiger partial charge >= 0.3 is 5.97 Å². The molecular weight excluding hydrogens is 248 g/mol. The molecule has 0 bridgehead atoms. The van der Waals surface area contributed by atoms with Gasteiger partial charge in [0.2, 0.25) is 0 Å². The predicted octanol–water partition coefficient (Wildman–Crippen LogP) is 2.74. The number of carboxylic acids is 1. The molecule has 2 N–H and O–H groups in total. The Hall–Kier alpha value is -1.88. The van der Waals surface area contributed by atoms with Crippen LogP contribution in [0.3, 0.4) is 0 Å². The number of pyridine rings is 1. The van der Waals surface area contributed by atoms with Crippen molar-refractivity contribution < 1.29 is 9.90 Å². The Morgan fingerprint density at radius 3 is 3.11 bits per heavy atom. The van der Waals surface area contributed by atoms with E-state index in [1.165, 1.54) is 4.70 Å². The van der Waals surface area contributed by atoms with Gasteiger partial charge in [-0.15, -0.1) is 11.3 Å². The Balaban J connectivity index is 1.80. The van der Waals surface area contributed by atoms with Crippen LogP contribution in [0, 0.1) is 5.92 Å². The highest BCUT2D eigenvalue weighted by molar-refractivity contribution is 7.17. The Kier molecular flexibility index (Phi) is 2.76. The second-order valence-electron chi connectivity index (χ2n) is 4.31. The standard InChI is InChI=1S/C13H12N2O2S/c16-13(17)8-1-2-9(7-8)15-12-10-4-6-18-11(10)3-5-14-12/h1-6,8-9H,7H2,(H,14,15)(H,16,17). The summed E-state index contributed by atoms with van der Waals surface area (Å²) in [5.74, 6) is -0.323. The van der Waals surface area contributed by atoms with Crippen molar-refractivity contribution in [2.45, 2.75) is 12.5 Å². The van der Waals surface area contributed by atoms with Gasteiger partial charge in [-0.3, -0.25) is 4.79 Å². The van der Waals surface area contributed by atoms with Crippen LogP contribution in [-0.2, 0) is 4.79 Å². The van der Waals surface area contributed by atoms with Gasteiger partial charge in [0.15, 0.2) is 0 Å². The number of fused-ring (bicyclic) bond motifs is 1. The quantitative estimate of drug-likeness (QED) is 0.833. The molecule has 2 unspecified atom stereocenters. The van der Waals surface area contributed by atoms with E-state index in [9.17, 15) is 4.79 Å². The van der Waals surface area contributed by atoms with Crippen molar-refractivity contribution in [1.82, 2.24) is 4.98 Å². The number of carboxylic acid groups (broad SMARTS) is 1. The Morgan fingerprint density at radius 2 is 2.33 bits per heavy atom. The van der Waals surface area contributed by atoms with E-state index >= 15 is 0 Å². The minimum absolute atomic E-state index is 0.0455. The fourth-order valence-corrected chi connectivity index (χ4v) is 2.96. The molecule has 5 heteroatoms. The number of anilines is 1. The van der Waals surface area contributed by atoms with E-state index in [-0.39, 0.29) is 12.0 Å². The summed E-state index contributed by atoms with van der Waals surface area (Å²) in [6, 6.07) is 4.06. The molecule has 0 amide bonds. The van der Waals surface area contributed by atoms with Crippen LogP contribution in [0.1, 0.15) is 6.42 Å². The van der Waals surface area contributed by atoms with Crippen molar-refractivity contribution in [3.05, 3.63) is 35.9 Å². The molecule has 0 saturated heterocycles. The molecule has 1 aliphatic rings. The van der Waals surface area contributed by atoms with E-state index in [4.69, 9.17) is 5.11 Å². The summed E-state index contributed by atoms with van der Waals surface area (Å²) >= 11 is 1.67. The van der Waals surface area contributed by atoms with E-state index in [2.05, 4.69) is 10.3 Å². The molecule has 2 aromatic heterocycles. The third-order valence-electron chi connectivity index (χ3n) is 3.10. The Bertz CT molecular complexity index is 620. The third-order valence-corrected chi connectivity index (χ3v) is 3.98. The van der Waals surface area contributed by atoms with Crippen LogP contribution in [0.25, 0.3) is 10.1 Å². The lowest BCUT2D eigenvalue weighted by molar-refractivity contribution is -0.140. The van der Waals surface area contributed by atoms with Crippen LogP contribution in [-0.4, -0.2) is 22.1 Å². The fraction of sp³-hybridized carbons (Fsp3) is 0.231. The van der Waals surface area contributed by atoms with Crippen LogP contribution in [0.5, 0.6) is 0 Å². The highest BCUT2D eigenvalue weighted by atomic mass is 32.1. The van der Waals surface area contributed by atoms with E-state index in [0.717, 1.165) is 11.2 Å². The average molecular weight is 260 g/mol. The zero-order chi connectivity index (χ0) is 12.5. The number of rotatable bonds is 3. The maximum atomic E-state index is 10.9. The summed E-state index contributed by atoms with van der Waals surface area (Å²) < 4.78 is 1.18. The summed E-state index contributed by atoms with van der Waals surface area (Å²) in [4.78, 5) is 15.2. The molecular formula is C13H12N2O2S. The smallest absolute Gasteiger partial charge is 0.310 e. The van der Waals surface area contributed by atoms with E-state index < -0.39 is 5.97 Å². The molecule has 0 saturated carbocycles. The van der Waals surface area contributed by atoms with Gasteiger partial charge in [-0.2, -0.15) is 0 Å². The second kappa shape index (κ2) is 4.42. The van der Waals surface area contributed by atoms with Crippen LogP contribution in [0.15, 0.2) is 35.9 Å². The van der Waals surface area contributed by atoms with Crippen molar-refractivity contribution in [1.29, 1.82) is 0 Å². The van der Waals surface area contributed by atoms with Crippen molar-refractivity contribution in [2.24, 2.45) is 5.92 Å². The first-order chi connectivity index (χ1) is 8.74. The minimum Gasteiger partial charge on any atom is -0.481 e. The van der Waals surface area contributed by atoms with E-state index in [1.54, 1.807) is 23.6 Å². The largest absolute Gasteiger partial charge is 0.481 e. The molecule has 0 aromatic carbocycles. The van der Waals surface area contributed by atoms with Crippen LogP contribution >= 0.6 is 11.3 Å². The lowest BCUT2D eigenvalue weighted by atomic mass is 10.1. The number of carbonyl (C=O) groups is 1. The molecule has 18 heavy (non-hydrogen) atoms. The van der Waals surface area contributed by atoms with Crippen molar-refractivity contribution in [3.63, 3.8) is 0 Å². The number of hydrogen-bond donors (Lipinski definition) is 2. The molecule has 2 atom stereocenters. The van der Waals surface area contributed by atoms with Gasteiger partial charge in [-0.1, -0.05) is 12.2 Å². The maximum absolute atomic E-state index is 10.9. The number of aromatic nitrogens is 1. The zero-order valence-corrected chi connectivity index (χ0v) is 10.4. The molecule has 0 radical (unpaired) electrons. The molecule has 4 nitrogen and oxygen atoms in total. The normalized spacial score (nSPS) is 22.4. The first-order valence-corrected chi connectivity index (χ1v) is 6.62. The molecule has 92 valence electrons. The summed E-state index contributed by atoms with van der Waals surface area (Å²) in [5.41, 5.74) is 0. The van der Waals surface area contributed by atoms with Crippen molar-refractivity contribution in [2.75, 3.05) is 5.32 Å². The Labute approximate surface area is 108 Å². The molecule has 0 spiro atoms. The fourth-order valence-electron chi connectivity index (χ4n) is 2.17. The van der Waals surface area contributed by atoms with Gasteiger partial charge in [0.05, 0.1) is 5.92 Å². The first-order valence-electron chi connectivity index (χ1n) is 5.74. The van der Waals surface area contributed by atoms with Crippen LogP contribution in [0.4, 0.5) is 5.82 Å². The summed E-state index contributed by atoms with van der Waals surface area (Å²) in [6.45, 7) is 0. The number of nitrogens with one attached hydrogen (secondary N) is 1.